The third-order valence-corrected chi connectivity index (χ3v) is 2.97. The van der Waals surface area contributed by atoms with Crippen LogP contribution in [0.2, 0.25) is 0 Å². The van der Waals surface area contributed by atoms with Gasteiger partial charge in [-0.15, -0.1) is 0 Å². The molecule has 0 N–H and O–H groups in total. The van der Waals surface area contributed by atoms with Gasteiger partial charge in [-0.1, -0.05) is 6.92 Å². The number of Topliss-reactive ketones (excluding diaryl/α,β-unsaturated/α-hetero) is 1. The van der Waals surface area contributed by atoms with Gasteiger partial charge < -0.3 is 9.42 Å². The molecule has 0 radical (unpaired) electrons. The van der Waals surface area contributed by atoms with Crippen molar-refractivity contribution in [3.8, 4) is 0 Å². The molecule has 1 aliphatic heterocycles. The van der Waals surface area contributed by atoms with Crippen molar-refractivity contribution in [1.82, 2.24) is 10.1 Å². The minimum absolute atomic E-state index is 0.168. The zero-order valence-electron chi connectivity index (χ0n) is 10.3. The third kappa shape index (κ3) is 3.28. The lowest BCUT2D eigenvalue weighted by Crippen LogP contribution is -2.30. The first-order valence-corrected chi connectivity index (χ1v) is 6.39. The molecule has 0 atom stereocenters. The summed E-state index contributed by atoms with van der Waals surface area (Å²) in [6.45, 7) is 3.97. The first-order chi connectivity index (χ1) is 8.29. The number of hydrogen-bond acceptors (Lipinski definition) is 5. The van der Waals surface area contributed by atoms with E-state index >= 15 is 0 Å². The summed E-state index contributed by atoms with van der Waals surface area (Å²) in [6.07, 6.45) is 5.36. The SMILES string of the molecule is CCCC(=O)Cc1nc(N2CCCCC2)no1. The first kappa shape index (κ1) is 12.1. The number of nitrogens with zero attached hydrogens (tertiary/aromatic N) is 3. The molecule has 0 unspecified atom stereocenters. The van der Waals surface area contributed by atoms with E-state index in [1.165, 1.54) is 19.3 Å². The molecule has 1 aromatic rings. The molecule has 2 heterocycles. The lowest BCUT2D eigenvalue weighted by Gasteiger charge is -2.24. The Bertz CT molecular complexity index is 370. The van der Waals surface area contributed by atoms with Crippen molar-refractivity contribution in [2.45, 2.75) is 45.4 Å². The molecule has 17 heavy (non-hydrogen) atoms. The van der Waals surface area contributed by atoms with Gasteiger partial charge >= 0.3 is 0 Å². The van der Waals surface area contributed by atoms with Crippen LogP contribution >= 0.6 is 0 Å². The summed E-state index contributed by atoms with van der Waals surface area (Å²) >= 11 is 0. The van der Waals surface area contributed by atoms with Crippen LogP contribution in [0.3, 0.4) is 0 Å². The minimum atomic E-state index is 0.168. The van der Waals surface area contributed by atoms with E-state index in [9.17, 15) is 4.79 Å². The Morgan fingerprint density at radius 2 is 2.12 bits per heavy atom. The Morgan fingerprint density at radius 3 is 2.82 bits per heavy atom. The minimum Gasteiger partial charge on any atom is -0.338 e. The van der Waals surface area contributed by atoms with Crippen molar-refractivity contribution < 1.29 is 9.32 Å². The predicted molar refractivity (Wildman–Crippen MR) is 64.0 cm³/mol. The lowest BCUT2D eigenvalue weighted by molar-refractivity contribution is -0.118. The lowest BCUT2D eigenvalue weighted by atomic mass is 10.1. The van der Waals surface area contributed by atoms with E-state index in [-0.39, 0.29) is 12.2 Å². The summed E-state index contributed by atoms with van der Waals surface area (Å²) < 4.78 is 5.11. The molecule has 1 aliphatic rings. The van der Waals surface area contributed by atoms with E-state index in [0.29, 0.717) is 18.3 Å². The number of hydrogen-bond donors (Lipinski definition) is 0. The van der Waals surface area contributed by atoms with E-state index in [1.54, 1.807) is 0 Å². The highest BCUT2D eigenvalue weighted by Crippen LogP contribution is 2.16. The van der Waals surface area contributed by atoms with Crippen LogP contribution in [0.1, 0.15) is 44.9 Å². The maximum absolute atomic E-state index is 11.5. The maximum Gasteiger partial charge on any atom is 0.266 e. The summed E-state index contributed by atoms with van der Waals surface area (Å²) in [5.74, 6) is 1.26. The van der Waals surface area contributed by atoms with Gasteiger partial charge in [-0.3, -0.25) is 4.79 Å². The molecule has 5 heteroatoms. The summed E-state index contributed by atoms with van der Waals surface area (Å²) in [4.78, 5) is 17.9. The molecule has 0 saturated carbocycles. The third-order valence-electron chi connectivity index (χ3n) is 2.97. The highest BCUT2D eigenvalue weighted by molar-refractivity contribution is 5.79. The molecule has 0 amide bonds. The van der Waals surface area contributed by atoms with E-state index in [1.807, 2.05) is 6.92 Å². The molecule has 1 fully saturated rings. The van der Waals surface area contributed by atoms with Crippen LogP contribution in [0.5, 0.6) is 0 Å². The Morgan fingerprint density at radius 1 is 1.35 bits per heavy atom. The van der Waals surface area contributed by atoms with Gasteiger partial charge in [-0.2, -0.15) is 4.98 Å². The second-order valence-electron chi connectivity index (χ2n) is 4.50. The van der Waals surface area contributed by atoms with Gasteiger partial charge in [0.2, 0.25) is 5.89 Å². The number of aromatic nitrogens is 2. The molecule has 94 valence electrons. The van der Waals surface area contributed by atoms with Crippen LogP contribution in [0.4, 0.5) is 5.95 Å². The van der Waals surface area contributed by atoms with Crippen LogP contribution in [-0.4, -0.2) is 29.0 Å². The molecule has 5 nitrogen and oxygen atoms in total. The van der Waals surface area contributed by atoms with Gasteiger partial charge in [0.15, 0.2) is 0 Å². The van der Waals surface area contributed by atoms with Crippen LogP contribution in [0.25, 0.3) is 0 Å². The summed E-state index contributed by atoms with van der Waals surface area (Å²) in [5, 5.41) is 3.94. The number of rotatable bonds is 5. The van der Waals surface area contributed by atoms with Crippen molar-refractivity contribution in [3.63, 3.8) is 0 Å². The topological polar surface area (TPSA) is 59.2 Å². The van der Waals surface area contributed by atoms with E-state index in [0.717, 1.165) is 19.5 Å². The Labute approximate surface area is 101 Å². The maximum atomic E-state index is 11.5. The molecule has 0 bridgehead atoms. The quantitative estimate of drug-likeness (QED) is 0.783. The molecule has 2 rings (SSSR count). The average molecular weight is 237 g/mol. The van der Waals surface area contributed by atoms with E-state index < -0.39 is 0 Å². The second-order valence-corrected chi connectivity index (χ2v) is 4.50. The fraction of sp³-hybridized carbons (Fsp3) is 0.750. The summed E-state index contributed by atoms with van der Waals surface area (Å²) in [7, 11) is 0. The van der Waals surface area contributed by atoms with Gasteiger partial charge in [0.25, 0.3) is 5.95 Å². The van der Waals surface area contributed by atoms with Crippen LogP contribution in [0, 0.1) is 0 Å². The highest BCUT2D eigenvalue weighted by Gasteiger charge is 2.17. The molecule has 0 spiro atoms. The van der Waals surface area contributed by atoms with Crippen molar-refractivity contribution in [2.75, 3.05) is 18.0 Å². The van der Waals surface area contributed by atoms with Crippen LogP contribution < -0.4 is 4.90 Å². The number of carbonyl (C=O) groups is 1. The summed E-state index contributed by atoms with van der Waals surface area (Å²) in [5.41, 5.74) is 0. The Kier molecular flexibility index (Phi) is 4.12. The number of piperidine rings is 1. The predicted octanol–water partition coefficient (Wildman–Crippen LogP) is 1.97. The molecular weight excluding hydrogens is 218 g/mol. The summed E-state index contributed by atoms with van der Waals surface area (Å²) in [6, 6.07) is 0. The van der Waals surface area contributed by atoms with Crippen molar-refractivity contribution in [1.29, 1.82) is 0 Å². The number of ketones is 1. The van der Waals surface area contributed by atoms with Gasteiger partial charge in [0.1, 0.15) is 5.78 Å². The van der Waals surface area contributed by atoms with E-state index in [4.69, 9.17) is 4.52 Å². The zero-order chi connectivity index (χ0) is 12.1. The monoisotopic (exact) mass is 237 g/mol. The average Bonchev–Trinajstić information content (AvgIpc) is 2.79. The molecule has 0 aromatic carbocycles. The number of anilines is 1. The smallest absolute Gasteiger partial charge is 0.266 e. The van der Waals surface area contributed by atoms with Crippen molar-refractivity contribution in [2.24, 2.45) is 0 Å². The fourth-order valence-electron chi connectivity index (χ4n) is 2.08. The normalized spacial score (nSPS) is 16.2. The van der Waals surface area contributed by atoms with Gasteiger partial charge in [-0.25, -0.2) is 0 Å². The van der Waals surface area contributed by atoms with Crippen molar-refractivity contribution >= 4 is 11.7 Å². The Hall–Kier alpha value is -1.39. The molecule has 1 saturated heterocycles. The highest BCUT2D eigenvalue weighted by atomic mass is 16.5. The number of carbonyl (C=O) groups excluding carboxylic acids is 1. The molecule has 1 aromatic heterocycles. The van der Waals surface area contributed by atoms with Gasteiger partial charge in [0.05, 0.1) is 6.42 Å². The van der Waals surface area contributed by atoms with Gasteiger partial charge in [0, 0.05) is 19.5 Å². The molecule has 0 aliphatic carbocycles. The Balaban J connectivity index is 1.93. The molecular formula is C12H19N3O2. The van der Waals surface area contributed by atoms with Gasteiger partial charge in [-0.05, 0) is 30.8 Å². The largest absolute Gasteiger partial charge is 0.338 e. The van der Waals surface area contributed by atoms with Crippen molar-refractivity contribution in [3.05, 3.63) is 5.89 Å². The standard InChI is InChI=1S/C12H19N3O2/c1-2-6-10(16)9-11-13-12(14-17-11)15-7-4-3-5-8-15/h2-9H2,1H3. The zero-order valence-corrected chi connectivity index (χ0v) is 10.3. The van der Waals surface area contributed by atoms with E-state index in [2.05, 4.69) is 15.0 Å². The van der Waals surface area contributed by atoms with Crippen LogP contribution in [0.15, 0.2) is 4.52 Å². The first-order valence-electron chi connectivity index (χ1n) is 6.39. The van der Waals surface area contributed by atoms with Crippen LogP contribution in [-0.2, 0) is 11.2 Å². The fourth-order valence-corrected chi connectivity index (χ4v) is 2.08. The second kappa shape index (κ2) is 5.80.